The van der Waals surface area contributed by atoms with Crippen molar-refractivity contribution in [2.24, 2.45) is 0 Å². The van der Waals surface area contributed by atoms with Gasteiger partial charge in [0.05, 0.1) is 18.4 Å². The lowest BCUT2D eigenvalue weighted by Gasteiger charge is -2.33. The summed E-state index contributed by atoms with van der Waals surface area (Å²) in [7, 11) is 1.72. The van der Waals surface area contributed by atoms with Gasteiger partial charge < -0.3 is 15.0 Å². The standard InChI is InChI=1S/C11H15FN4O/c1-13-11-14-4-9(12)10(15-11)16-5-7-2-3-8(6-16)17-7/h4,7-8H,2-3,5-6H2,1H3,(H,13,14,15). The summed E-state index contributed by atoms with van der Waals surface area (Å²) in [5, 5.41) is 2.82. The molecule has 2 aliphatic heterocycles. The van der Waals surface area contributed by atoms with Crippen LogP contribution in [0.4, 0.5) is 16.2 Å². The molecule has 17 heavy (non-hydrogen) atoms. The Bertz CT molecular complexity index is 416. The monoisotopic (exact) mass is 238 g/mol. The number of halogens is 1. The molecule has 0 aromatic carbocycles. The third kappa shape index (κ3) is 1.93. The number of hydrogen-bond donors (Lipinski definition) is 1. The topological polar surface area (TPSA) is 50.3 Å². The van der Waals surface area contributed by atoms with Gasteiger partial charge in [-0.25, -0.2) is 9.37 Å². The molecule has 0 aliphatic carbocycles. The number of hydrogen-bond acceptors (Lipinski definition) is 5. The number of nitrogens with one attached hydrogen (secondary N) is 1. The molecule has 2 unspecified atom stereocenters. The molecule has 2 fully saturated rings. The van der Waals surface area contributed by atoms with E-state index in [2.05, 4.69) is 15.3 Å². The molecule has 3 heterocycles. The van der Waals surface area contributed by atoms with Gasteiger partial charge in [0.2, 0.25) is 5.95 Å². The van der Waals surface area contributed by atoms with Crippen molar-refractivity contribution in [3.63, 3.8) is 0 Å². The average Bonchev–Trinajstić information content (AvgIpc) is 2.69. The molecule has 1 aromatic rings. The molecule has 2 aliphatic rings. The van der Waals surface area contributed by atoms with E-state index in [4.69, 9.17) is 4.74 Å². The van der Waals surface area contributed by atoms with Gasteiger partial charge in [-0.15, -0.1) is 0 Å². The number of aromatic nitrogens is 2. The highest BCUT2D eigenvalue weighted by Gasteiger charge is 2.35. The summed E-state index contributed by atoms with van der Waals surface area (Å²) in [4.78, 5) is 10.00. The van der Waals surface area contributed by atoms with E-state index in [-0.39, 0.29) is 18.0 Å². The third-order valence-corrected chi connectivity index (χ3v) is 3.29. The summed E-state index contributed by atoms with van der Waals surface area (Å²) in [6.45, 7) is 1.43. The minimum absolute atomic E-state index is 0.223. The third-order valence-electron chi connectivity index (χ3n) is 3.29. The van der Waals surface area contributed by atoms with E-state index in [9.17, 15) is 4.39 Å². The molecular formula is C11H15FN4O. The zero-order valence-corrected chi connectivity index (χ0v) is 9.69. The van der Waals surface area contributed by atoms with Crippen molar-refractivity contribution in [3.8, 4) is 0 Å². The summed E-state index contributed by atoms with van der Waals surface area (Å²) >= 11 is 0. The first kappa shape index (κ1) is 10.7. The van der Waals surface area contributed by atoms with Crippen LogP contribution >= 0.6 is 0 Å². The fourth-order valence-corrected chi connectivity index (χ4v) is 2.49. The van der Waals surface area contributed by atoms with Gasteiger partial charge in [0.25, 0.3) is 0 Å². The van der Waals surface area contributed by atoms with Gasteiger partial charge in [-0.1, -0.05) is 0 Å². The maximum atomic E-state index is 13.7. The van der Waals surface area contributed by atoms with Crippen molar-refractivity contribution in [2.75, 3.05) is 30.4 Å². The Kier molecular flexibility index (Phi) is 2.58. The second-order valence-electron chi connectivity index (χ2n) is 4.48. The summed E-state index contributed by atoms with van der Waals surface area (Å²) < 4.78 is 19.5. The van der Waals surface area contributed by atoms with E-state index in [0.717, 1.165) is 12.8 Å². The highest BCUT2D eigenvalue weighted by atomic mass is 19.1. The molecular weight excluding hydrogens is 223 g/mol. The van der Waals surface area contributed by atoms with Crippen LogP contribution in [0.25, 0.3) is 0 Å². The van der Waals surface area contributed by atoms with Crippen LogP contribution in [-0.4, -0.2) is 42.3 Å². The van der Waals surface area contributed by atoms with E-state index in [1.165, 1.54) is 6.20 Å². The first-order valence-corrected chi connectivity index (χ1v) is 5.87. The lowest BCUT2D eigenvalue weighted by Crippen LogP contribution is -2.43. The summed E-state index contributed by atoms with van der Waals surface area (Å²) in [5.41, 5.74) is 0. The Balaban J connectivity index is 1.88. The van der Waals surface area contributed by atoms with Crippen molar-refractivity contribution in [1.29, 1.82) is 0 Å². The molecule has 2 bridgehead atoms. The predicted molar refractivity (Wildman–Crippen MR) is 61.6 cm³/mol. The first-order valence-electron chi connectivity index (χ1n) is 5.87. The number of ether oxygens (including phenoxy) is 1. The number of anilines is 2. The van der Waals surface area contributed by atoms with E-state index >= 15 is 0 Å². The van der Waals surface area contributed by atoms with Gasteiger partial charge in [0, 0.05) is 20.1 Å². The van der Waals surface area contributed by atoms with E-state index in [1.807, 2.05) is 4.90 Å². The molecule has 0 spiro atoms. The maximum absolute atomic E-state index is 13.7. The minimum Gasteiger partial charge on any atom is -0.371 e. The SMILES string of the molecule is CNc1ncc(F)c(N2CC3CCC(C2)O3)n1. The van der Waals surface area contributed by atoms with Crippen LogP contribution in [0.3, 0.4) is 0 Å². The lowest BCUT2D eigenvalue weighted by atomic mass is 10.2. The quantitative estimate of drug-likeness (QED) is 0.833. The zero-order chi connectivity index (χ0) is 11.8. The van der Waals surface area contributed by atoms with Crippen LogP contribution in [0.2, 0.25) is 0 Å². The Morgan fingerprint density at radius 2 is 2.12 bits per heavy atom. The second kappa shape index (κ2) is 4.10. The molecule has 0 amide bonds. The fourth-order valence-electron chi connectivity index (χ4n) is 2.49. The van der Waals surface area contributed by atoms with E-state index in [0.29, 0.717) is 24.9 Å². The van der Waals surface area contributed by atoms with Gasteiger partial charge in [-0.3, -0.25) is 0 Å². The zero-order valence-electron chi connectivity index (χ0n) is 9.69. The molecule has 2 saturated heterocycles. The van der Waals surface area contributed by atoms with Gasteiger partial charge >= 0.3 is 0 Å². The largest absolute Gasteiger partial charge is 0.371 e. The number of nitrogens with zero attached hydrogens (tertiary/aromatic N) is 3. The Morgan fingerprint density at radius 1 is 1.41 bits per heavy atom. The van der Waals surface area contributed by atoms with Crippen LogP contribution < -0.4 is 10.2 Å². The Hall–Kier alpha value is -1.43. The highest BCUT2D eigenvalue weighted by molar-refractivity contribution is 5.44. The molecule has 6 heteroatoms. The van der Waals surface area contributed by atoms with Gasteiger partial charge in [-0.2, -0.15) is 4.98 Å². The number of morpholine rings is 1. The molecule has 1 N–H and O–H groups in total. The summed E-state index contributed by atoms with van der Waals surface area (Å²) in [5.74, 6) is 0.454. The van der Waals surface area contributed by atoms with E-state index < -0.39 is 0 Å². The molecule has 1 aromatic heterocycles. The van der Waals surface area contributed by atoms with Gasteiger partial charge in [0.15, 0.2) is 11.6 Å². The van der Waals surface area contributed by atoms with Crippen molar-refractivity contribution >= 4 is 11.8 Å². The molecule has 2 atom stereocenters. The molecule has 0 radical (unpaired) electrons. The van der Waals surface area contributed by atoms with Crippen LogP contribution in [0, 0.1) is 5.82 Å². The predicted octanol–water partition coefficient (Wildman–Crippen LogP) is 1.02. The highest BCUT2D eigenvalue weighted by Crippen LogP contribution is 2.29. The van der Waals surface area contributed by atoms with Crippen molar-refractivity contribution in [1.82, 2.24) is 9.97 Å². The van der Waals surface area contributed by atoms with Crippen LogP contribution in [-0.2, 0) is 4.74 Å². The van der Waals surface area contributed by atoms with Crippen molar-refractivity contribution < 1.29 is 9.13 Å². The van der Waals surface area contributed by atoms with Crippen LogP contribution in [0.15, 0.2) is 6.20 Å². The number of rotatable bonds is 2. The average molecular weight is 238 g/mol. The Morgan fingerprint density at radius 3 is 2.76 bits per heavy atom. The lowest BCUT2D eigenvalue weighted by molar-refractivity contribution is 0.0300. The molecule has 5 nitrogen and oxygen atoms in total. The number of fused-ring (bicyclic) bond motifs is 2. The first-order chi connectivity index (χ1) is 8.26. The molecule has 92 valence electrons. The smallest absolute Gasteiger partial charge is 0.224 e. The second-order valence-corrected chi connectivity index (χ2v) is 4.48. The fraction of sp³-hybridized carbons (Fsp3) is 0.636. The van der Waals surface area contributed by atoms with Crippen LogP contribution in [0.1, 0.15) is 12.8 Å². The minimum atomic E-state index is -0.370. The van der Waals surface area contributed by atoms with Crippen molar-refractivity contribution in [3.05, 3.63) is 12.0 Å². The van der Waals surface area contributed by atoms with Crippen LogP contribution in [0.5, 0.6) is 0 Å². The van der Waals surface area contributed by atoms with Gasteiger partial charge in [0.1, 0.15) is 0 Å². The maximum Gasteiger partial charge on any atom is 0.224 e. The Labute approximate surface area is 99.0 Å². The van der Waals surface area contributed by atoms with Gasteiger partial charge in [-0.05, 0) is 12.8 Å². The summed E-state index contributed by atoms with van der Waals surface area (Å²) in [6, 6.07) is 0. The van der Waals surface area contributed by atoms with Crippen molar-refractivity contribution in [2.45, 2.75) is 25.0 Å². The molecule has 0 saturated carbocycles. The molecule has 3 rings (SSSR count). The summed E-state index contributed by atoms with van der Waals surface area (Å²) in [6.07, 6.45) is 3.78. The van der Waals surface area contributed by atoms with E-state index in [1.54, 1.807) is 7.05 Å². The normalized spacial score (nSPS) is 27.3.